The predicted octanol–water partition coefficient (Wildman–Crippen LogP) is 8.12. The lowest BCUT2D eigenvalue weighted by Gasteiger charge is -2.18. The van der Waals surface area contributed by atoms with Crippen molar-refractivity contribution in [3.05, 3.63) is 113 Å². The summed E-state index contributed by atoms with van der Waals surface area (Å²) in [5.41, 5.74) is -1.03. The van der Waals surface area contributed by atoms with Crippen molar-refractivity contribution in [1.82, 2.24) is 24.1 Å². The van der Waals surface area contributed by atoms with Gasteiger partial charge < -0.3 is 19.5 Å². The number of aryl methyl sites for hydroxylation is 1. The zero-order valence-electron chi connectivity index (χ0n) is 29.0. The molecule has 1 atom stereocenters. The fourth-order valence-electron chi connectivity index (χ4n) is 5.30. The van der Waals surface area contributed by atoms with Crippen LogP contribution in [0, 0.1) is 11.6 Å². The van der Waals surface area contributed by atoms with Crippen LogP contribution in [0.1, 0.15) is 38.1 Å². The van der Waals surface area contributed by atoms with E-state index in [0.29, 0.717) is 27.6 Å². The fourth-order valence-corrected chi connectivity index (χ4v) is 5.30. The van der Waals surface area contributed by atoms with E-state index < -0.39 is 59.0 Å². The Morgan fingerprint density at radius 2 is 1.65 bits per heavy atom. The number of fused-ring (bicyclic) bond motifs is 1. The Balaban J connectivity index is 1.29. The molecule has 1 amide bonds. The summed E-state index contributed by atoms with van der Waals surface area (Å²) in [6.07, 6.45) is -2.88. The number of hydrogen-bond donors (Lipinski definition) is 1. The third-order valence-electron chi connectivity index (χ3n) is 7.73. The molecule has 0 aliphatic carbocycles. The first kappa shape index (κ1) is 37.2. The summed E-state index contributed by atoms with van der Waals surface area (Å²) in [6.45, 7) is 7.62. The number of carbonyl (C=O) groups excluding carboxylic acids is 2. The van der Waals surface area contributed by atoms with E-state index in [1.54, 1.807) is 43.8 Å². The fraction of sp³-hybridized carbons (Fsp3) is 0.216. The Hall–Kier alpha value is -6.52. The minimum atomic E-state index is -3.55. The normalized spacial score (nSPS) is 12.2. The molecule has 0 radical (unpaired) electrons. The van der Waals surface area contributed by atoms with E-state index in [4.69, 9.17) is 9.47 Å². The molecule has 0 fully saturated rings. The summed E-state index contributed by atoms with van der Waals surface area (Å²) in [5.74, 6) is -3.39. The van der Waals surface area contributed by atoms with Gasteiger partial charge in [0.25, 0.3) is 17.8 Å². The largest absolute Gasteiger partial charge is 0.454 e. The molecule has 3 heterocycles. The van der Waals surface area contributed by atoms with Crippen LogP contribution in [0.25, 0.3) is 27.7 Å². The SMILES string of the molecule is CCn1ncc2cc(Oc3ccc(NC(=O)c4ccc(OC(F)C(F)F)n(-c5ccc(F)cc5)c4=O)cc3F)c(-c3cnn(C(=O)OC(C)(C)C)c3)cc21. The number of nitrogens with one attached hydrogen (secondary N) is 1. The molecule has 54 heavy (non-hydrogen) atoms. The second-order valence-electron chi connectivity index (χ2n) is 12.7. The highest BCUT2D eigenvalue weighted by Crippen LogP contribution is 2.38. The van der Waals surface area contributed by atoms with Crippen LogP contribution in [-0.4, -0.2) is 54.5 Å². The molecular weight excluding hydrogens is 719 g/mol. The van der Waals surface area contributed by atoms with Gasteiger partial charge in [-0.15, -0.1) is 0 Å². The quantitative estimate of drug-likeness (QED) is 0.139. The van der Waals surface area contributed by atoms with Crippen molar-refractivity contribution in [3.63, 3.8) is 0 Å². The lowest BCUT2D eigenvalue weighted by Crippen LogP contribution is -2.31. The number of pyridine rings is 1. The van der Waals surface area contributed by atoms with Gasteiger partial charge in [-0.2, -0.15) is 19.3 Å². The molecule has 0 saturated heterocycles. The third kappa shape index (κ3) is 7.94. The Morgan fingerprint density at radius 3 is 2.31 bits per heavy atom. The number of amides is 1. The Bertz CT molecular complexity index is 2420. The standard InChI is InChI=1S/C37H31F5N6O6/c1-5-46-28-16-26(21-18-44-47(19-21)36(51)54-37(2,3)4)30(14-20(28)17-43-46)52-29-12-8-23(15-27(29)39)45-34(49)25-11-13-31(53-33(42)32(40)41)48(35(25)50)24-9-6-22(38)7-10-24/h6-19,32-33H,5H2,1-4H3,(H,45,49). The van der Waals surface area contributed by atoms with E-state index in [0.717, 1.165) is 52.7 Å². The molecule has 12 nitrogen and oxygen atoms in total. The van der Waals surface area contributed by atoms with Crippen LogP contribution >= 0.6 is 0 Å². The van der Waals surface area contributed by atoms with E-state index in [-0.39, 0.29) is 22.9 Å². The molecule has 1 unspecified atom stereocenters. The van der Waals surface area contributed by atoms with Gasteiger partial charge in [0.2, 0.25) is 5.88 Å². The molecule has 6 rings (SSSR count). The Labute approximate surface area is 303 Å². The lowest BCUT2D eigenvalue weighted by atomic mass is 10.1. The molecule has 1 N–H and O–H groups in total. The maximum Gasteiger partial charge on any atom is 0.435 e. The molecule has 0 aliphatic heterocycles. The average molecular weight is 751 g/mol. The van der Waals surface area contributed by atoms with Crippen molar-refractivity contribution in [2.45, 2.75) is 52.6 Å². The number of halogens is 5. The van der Waals surface area contributed by atoms with E-state index in [2.05, 4.69) is 20.3 Å². The Kier molecular flexibility index (Phi) is 10.2. The van der Waals surface area contributed by atoms with E-state index in [1.165, 1.54) is 24.5 Å². The minimum Gasteiger partial charge on any atom is -0.454 e. The molecule has 3 aromatic carbocycles. The highest BCUT2D eigenvalue weighted by atomic mass is 19.3. The number of hydrogen-bond acceptors (Lipinski definition) is 8. The second kappa shape index (κ2) is 14.8. The third-order valence-corrected chi connectivity index (χ3v) is 7.73. The van der Waals surface area contributed by atoms with E-state index in [9.17, 15) is 31.9 Å². The van der Waals surface area contributed by atoms with E-state index in [1.807, 2.05) is 6.92 Å². The monoisotopic (exact) mass is 750 g/mol. The van der Waals surface area contributed by atoms with Gasteiger partial charge in [0.1, 0.15) is 22.7 Å². The van der Waals surface area contributed by atoms with Gasteiger partial charge in [-0.3, -0.25) is 14.3 Å². The summed E-state index contributed by atoms with van der Waals surface area (Å²) < 4.78 is 88.3. The van der Waals surface area contributed by atoms with Crippen LogP contribution < -0.4 is 20.3 Å². The Morgan fingerprint density at radius 1 is 0.907 bits per heavy atom. The molecule has 0 saturated carbocycles. The van der Waals surface area contributed by atoms with Gasteiger partial charge in [-0.1, -0.05) is 0 Å². The number of anilines is 1. The van der Waals surface area contributed by atoms with Crippen molar-refractivity contribution < 1.29 is 45.8 Å². The number of rotatable bonds is 10. The first-order valence-corrected chi connectivity index (χ1v) is 16.3. The highest BCUT2D eigenvalue weighted by Gasteiger charge is 2.26. The first-order valence-electron chi connectivity index (χ1n) is 16.3. The van der Waals surface area contributed by atoms with Gasteiger partial charge in [0.15, 0.2) is 11.6 Å². The van der Waals surface area contributed by atoms with Gasteiger partial charge in [0.05, 0.1) is 23.6 Å². The predicted molar refractivity (Wildman–Crippen MR) is 186 cm³/mol. The second-order valence-corrected chi connectivity index (χ2v) is 12.7. The van der Waals surface area contributed by atoms with Gasteiger partial charge in [-0.05, 0) is 82.3 Å². The number of alkyl halides is 3. The maximum absolute atomic E-state index is 15.6. The molecular formula is C37H31F5N6O6. The first-order chi connectivity index (χ1) is 25.6. The minimum absolute atomic E-state index is 0.0991. The van der Waals surface area contributed by atoms with Gasteiger partial charge in [0, 0.05) is 47.1 Å². The van der Waals surface area contributed by atoms with Crippen molar-refractivity contribution >= 4 is 28.6 Å². The van der Waals surface area contributed by atoms with Crippen LogP contribution in [0.3, 0.4) is 0 Å². The zero-order valence-corrected chi connectivity index (χ0v) is 29.0. The molecule has 6 aromatic rings. The maximum atomic E-state index is 15.6. The smallest absolute Gasteiger partial charge is 0.435 e. The van der Waals surface area contributed by atoms with Crippen LogP contribution in [0.2, 0.25) is 0 Å². The summed E-state index contributed by atoms with van der Waals surface area (Å²) >= 11 is 0. The summed E-state index contributed by atoms with van der Waals surface area (Å²) in [4.78, 5) is 39.4. The number of nitrogens with zero attached hydrogens (tertiary/aromatic N) is 5. The highest BCUT2D eigenvalue weighted by molar-refractivity contribution is 6.04. The lowest BCUT2D eigenvalue weighted by molar-refractivity contribution is -0.0701. The molecule has 3 aromatic heterocycles. The number of benzene rings is 3. The van der Waals surface area contributed by atoms with Crippen LogP contribution in [0.5, 0.6) is 17.4 Å². The van der Waals surface area contributed by atoms with Crippen LogP contribution in [0.15, 0.2) is 90.1 Å². The molecule has 17 heteroatoms. The van der Waals surface area contributed by atoms with Crippen LogP contribution in [-0.2, 0) is 11.3 Å². The molecule has 0 bridgehead atoms. The summed E-state index contributed by atoms with van der Waals surface area (Å²) in [7, 11) is 0. The number of aromatic nitrogens is 5. The molecule has 0 spiro atoms. The molecule has 280 valence electrons. The van der Waals surface area contributed by atoms with Gasteiger partial charge >= 0.3 is 12.5 Å². The average Bonchev–Trinajstić information content (AvgIpc) is 3.76. The summed E-state index contributed by atoms with van der Waals surface area (Å²) in [5, 5.41) is 11.6. The van der Waals surface area contributed by atoms with Crippen LogP contribution in [0.4, 0.5) is 32.4 Å². The van der Waals surface area contributed by atoms with Gasteiger partial charge in [-0.25, -0.2) is 26.9 Å². The van der Waals surface area contributed by atoms with E-state index >= 15 is 4.39 Å². The van der Waals surface area contributed by atoms with Crippen molar-refractivity contribution in [1.29, 1.82) is 0 Å². The van der Waals surface area contributed by atoms with Crippen molar-refractivity contribution in [2.75, 3.05) is 5.32 Å². The topological polar surface area (TPSA) is 131 Å². The zero-order chi connectivity index (χ0) is 38.9. The molecule has 0 aliphatic rings. The van der Waals surface area contributed by atoms with Crippen molar-refractivity contribution in [3.8, 4) is 34.2 Å². The number of carbonyl (C=O) groups is 2. The van der Waals surface area contributed by atoms with Crippen molar-refractivity contribution in [2.24, 2.45) is 0 Å². The number of ether oxygens (including phenoxy) is 3. The summed E-state index contributed by atoms with van der Waals surface area (Å²) in [6, 6.07) is 12.8.